The SMILES string of the molecule is [2H]c1c([2H])c([2H])c(-c2c([2H])c([2H])c(N(c3cccc(-c4cccc5ccccc45)c3)c3c([2H])c([2H])c([2H])c4c([2H])c([2H])c([2H])c([2H])c34)c([2H])c2[2H])c([2H])c1[2H]. The first-order chi connectivity index (χ1) is 26.0. The molecule has 0 amide bonds. The highest BCUT2D eigenvalue weighted by Crippen LogP contribution is 2.41. The zero-order valence-electron chi connectivity index (χ0n) is 36.3. The second-order valence-electron chi connectivity index (χ2n) is 8.61. The number of rotatable bonds is 5. The molecule has 7 aromatic rings. The van der Waals surface area contributed by atoms with Crippen molar-refractivity contribution in [3.05, 3.63) is 163 Å². The van der Waals surface area contributed by atoms with E-state index in [2.05, 4.69) is 0 Å². The monoisotopic (exact) mass is 513 g/mol. The van der Waals surface area contributed by atoms with Gasteiger partial charge in [-0.2, -0.15) is 0 Å². The van der Waals surface area contributed by atoms with E-state index in [-0.39, 0.29) is 11.1 Å². The van der Waals surface area contributed by atoms with Gasteiger partial charge in [0, 0.05) is 16.8 Å². The van der Waals surface area contributed by atoms with E-state index in [4.69, 9.17) is 17.8 Å². The summed E-state index contributed by atoms with van der Waals surface area (Å²) in [6.45, 7) is 0. The third-order valence-electron chi connectivity index (χ3n) is 6.31. The predicted molar refractivity (Wildman–Crippen MR) is 167 cm³/mol. The van der Waals surface area contributed by atoms with E-state index in [0.717, 1.165) is 21.2 Å². The van der Waals surface area contributed by atoms with Gasteiger partial charge >= 0.3 is 0 Å². The van der Waals surface area contributed by atoms with Crippen LogP contribution in [0.1, 0.15) is 21.9 Å². The number of hydrogen-bond donors (Lipinski definition) is 0. The van der Waals surface area contributed by atoms with Crippen molar-refractivity contribution in [3.8, 4) is 22.3 Å². The molecule has 0 spiro atoms. The minimum Gasteiger partial charge on any atom is -0.310 e. The topological polar surface area (TPSA) is 3.24 Å². The lowest BCUT2D eigenvalue weighted by Crippen LogP contribution is -2.10. The van der Waals surface area contributed by atoms with Gasteiger partial charge in [-0.3, -0.25) is 0 Å². The molecule has 0 N–H and O–H groups in total. The van der Waals surface area contributed by atoms with Gasteiger partial charge in [-0.15, -0.1) is 0 Å². The number of fused-ring (bicyclic) bond motifs is 2. The third-order valence-corrected chi connectivity index (χ3v) is 6.31. The van der Waals surface area contributed by atoms with Gasteiger partial charge in [0.1, 0.15) is 0 Å². The molecular weight excluding hydrogens is 470 g/mol. The highest BCUT2D eigenvalue weighted by molar-refractivity contribution is 6.00. The molecule has 0 aliphatic heterocycles. The second kappa shape index (κ2) is 9.96. The first kappa shape index (κ1) is 11.7. The van der Waals surface area contributed by atoms with E-state index in [1.807, 2.05) is 42.5 Å². The molecule has 0 bridgehead atoms. The molecular formula is C38H27N. The van der Waals surface area contributed by atoms with E-state index < -0.39 is 125 Å². The van der Waals surface area contributed by atoms with Gasteiger partial charge in [-0.05, 0) is 68.7 Å². The van der Waals surface area contributed by atoms with Gasteiger partial charge < -0.3 is 4.90 Å². The Morgan fingerprint density at radius 1 is 0.436 bits per heavy atom. The van der Waals surface area contributed by atoms with Gasteiger partial charge in [0.2, 0.25) is 0 Å². The van der Waals surface area contributed by atoms with Crippen LogP contribution in [0.15, 0.2) is 163 Å². The maximum atomic E-state index is 9.33. The molecule has 1 heteroatoms. The molecule has 0 saturated heterocycles. The van der Waals surface area contributed by atoms with Gasteiger partial charge in [-0.25, -0.2) is 0 Å². The number of hydrogen-bond acceptors (Lipinski definition) is 1. The maximum Gasteiger partial charge on any atom is 0.0645 e. The van der Waals surface area contributed by atoms with Gasteiger partial charge in [0.15, 0.2) is 0 Å². The standard InChI is InChI=1S/C38H27N/c1-2-11-28(12-3-1)29-23-25-33(26-24-29)39(38-22-10-16-31-14-5-7-20-37(31)38)34-18-8-17-32(27-34)36-21-9-15-30-13-4-6-19-35(30)36/h1-27H/i1D,2D,3D,5D,7D,10D,11D,12D,14D,16D,20D,22D,23D,24D,25D,26D. The van der Waals surface area contributed by atoms with Crippen molar-refractivity contribution in [1.82, 2.24) is 0 Å². The van der Waals surface area contributed by atoms with Crippen LogP contribution in [0.2, 0.25) is 0 Å². The quantitative estimate of drug-likeness (QED) is 0.221. The lowest BCUT2D eigenvalue weighted by Gasteiger charge is -2.27. The van der Waals surface area contributed by atoms with Crippen molar-refractivity contribution in [2.24, 2.45) is 0 Å². The fourth-order valence-corrected chi connectivity index (χ4v) is 4.54. The van der Waals surface area contributed by atoms with Gasteiger partial charge in [0.25, 0.3) is 0 Å². The van der Waals surface area contributed by atoms with Crippen LogP contribution in [0.3, 0.4) is 0 Å². The Kier molecular flexibility index (Phi) is 2.99. The third kappa shape index (κ3) is 4.35. The molecule has 0 saturated carbocycles. The van der Waals surface area contributed by atoms with Crippen molar-refractivity contribution in [1.29, 1.82) is 0 Å². The molecule has 7 aromatic carbocycles. The van der Waals surface area contributed by atoms with Crippen LogP contribution in [-0.2, 0) is 0 Å². The lowest BCUT2D eigenvalue weighted by molar-refractivity contribution is 1.30. The molecule has 0 unspecified atom stereocenters. The summed E-state index contributed by atoms with van der Waals surface area (Å²) in [6, 6.07) is 8.14. The summed E-state index contributed by atoms with van der Waals surface area (Å²) in [5.41, 5.74) is -0.633. The first-order valence-corrected chi connectivity index (χ1v) is 12.1. The van der Waals surface area contributed by atoms with Crippen LogP contribution in [0.4, 0.5) is 17.1 Å². The Morgan fingerprint density at radius 3 is 2.05 bits per heavy atom. The average Bonchev–Trinajstić information content (AvgIpc) is 3.19. The van der Waals surface area contributed by atoms with Crippen LogP contribution < -0.4 is 4.90 Å². The Bertz CT molecular complexity index is 2730. The fraction of sp³-hybridized carbons (Fsp3) is 0. The number of nitrogens with zero attached hydrogens (tertiary/aromatic N) is 1. The Balaban J connectivity index is 1.65. The Morgan fingerprint density at radius 2 is 1.15 bits per heavy atom. The second-order valence-corrected chi connectivity index (χ2v) is 8.61. The fourth-order valence-electron chi connectivity index (χ4n) is 4.54. The Labute approximate surface area is 251 Å². The van der Waals surface area contributed by atoms with Crippen LogP contribution >= 0.6 is 0 Å². The largest absolute Gasteiger partial charge is 0.310 e. The van der Waals surface area contributed by atoms with E-state index in [1.165, 1.54) is 6.07 Å². The van der Waals surface area contributed by atoms with Crippen molar-refractivity contribution in [2.45, 2.75) is 0 Å². The van der Waals surface area contributed by atoms with Gasteiger partial charge in [0.05, 0.1) is 27.6 Å². The molecule has 0 atom stereocenters. The van der Waals surface area contributed by atoms with Crippen LogP contribution in [0, 0.1) is 0 Å². The summed E-state index contributed by atoms with van der Waals surface area (Å²) >= 11 is 0. The summed E-state index contributed by atoms with van der Waals surface area (Å²) in [6.07, 6.45) is 0. The van der Waals surface area contributed by atoms with E-state index in [0.29, 0.717) is 5.56 Å². The molecule has 0 aliphatic rings. The lowest BCUT2D eigenvalue weighted by atomic mass is 9.97. The smallest absolute Gasteiger partial charge is 0.0645 e. The molecule has 0 heterocycles. The zero-order chi connectivity index (χ0) is 39.9. The van der Waals surface area contributed by atoms with Crippen LogP contribution in [-0.4, -0.2) is 0 Å². The maximum absolute atomic E-state index is 9.33. The van der Waals surface area contributed by atoms with Crippen molar-refractivity contribution < 1.29 is 21.9 Å². The predicted octanol–water partition coefficient (Wildman–Crippen LogP) is 10.8. The molecule has 184 valence electrons. The number of benzene rings is 7. The molecule has 1 nitrogen and oxygen atoms in total. The first-order valence-electron chi connectivity index (χ1n) is 20.1. The molecule has 0 fully saturated rings. The minimum absolute atomic E-state index is 0.0983. The summed E-state index contributed by atoms with van der Waals surface area (Å²) in [4.78, 5) is 1.10. The summed E-state index contributed by atoms with van der Waals surface area (Å²) in [7, 11) is 0. The number of anilines is 3. The molecule has 0 radical (unpaired) electrons. The zero-order valence-corrected chi connectivity index (χ0v) is 20.3. The van der Waals surface area contributed by atoms with Crippen molar-refractivity contribution >= 4 is 38.6 Å². The van der Waals surface area contributed by atoms with E-state index in [1.54, 1.807) is 18.2 Å². The van der Waals surface area contributed by atoms with E-state index in [9.17, 15) is 4.11 Å². The normalized spacial score (nSPS) is 16.8. The van der Waals surface area contributed by atoms with Gasteiger partial charge in [-0.1, -0.05) is 133 Å². The molecule has 0 aliphatic carbocycles. The molecule has 39 heavy (non-hydrogen) atoms. The average molecular weight is 514 g/mol. The minimum atomic E-state index is -0.800. The Hall–Kier alpha value is -5.14. The van der Waals surface area contributed by atoms with Crippen LogP contribution in [0.25, 0.3) is 43.8 Å². The summed E-state index contributed by atoms with van der Waals surface area (Å²) in [5.74, 6) is 0. The van der Waals surface area contributed by atoms with Crippen molar-refractivity contribution in [2.75, 3.05) is 4.90 Å². The highest BCUT2D eigenvalue weighted by Gasteiger charge is 2.16. The van der Waals surface area contributed by atoms with Crippen LogP contribution in [0.5, 0.6) is 0 Å². The van der Waals surface area contributed by atoms with Crippen molar-refractivity contribution in [3.63, 3.8) is 0 Å². The summed E-state index contributed by atoms with van der Waals surface area (Å²) < 4.78 is 139. The highest BCUT2D eigenvalue weighted by atomic mass is 15.1. The molecule has 7 rings (SSSR count). The summed E-state index contributed by atoms with van der Waals surface area (Å²) in [5, 5.41) is 1.02. The van der Waals surface area contributed by atoms with E-state index >= 15 is 0 Å². The molecule has 0 aromatic heterocycles.